The van der Waals surface area contributed by atoms with Gasteiger partial charge in [-0.1, -0.05) is 6.92 Å². The number of sulfonamides is 1. The number of rotatable bonds is 8. The van der Waals surface area contributed by atoms with Gasteiger partial charge in [0.05, 0.1) is 17.2 Å². The molecule has 0 saturated heterocycles. The monoisotopic (exact) mass is 318 g/mol. The molecule has 1 rings (SSSR count). The van der Waals surface area contributed by atoms with Crippen molar-refractivity contribution in [1.29, 1.82) is 0 Å². The summed E-state index contributed by atoms with van der Waals surface area (Å²) in [5.41, 5.74) is 1.85. The first-order valence-corrected chi connectivity index (χ1v) is 7.60. The van der Waals surface area contributed by atoms with Crippen molar-refractivity contribution in [3.05, 3.63) is 28.3 Å². The summed E-state index contributed by atoms with van der Waals surface area (Å²) in [5.74, 6) is 5.25. The van der Waals surface area contributed by atoms with Crippen molar-refractivity contribution < 1.29 is 18.1 Å². The van der Waals surface area contributed by atoms with E-state index >= 15 is 0 Å². The molecule has 0 fully saturated rings. The van der Waals surface area contributed by atoms with Crippen molar-refractivity contribution in [1.82, 2.24) is 4.72 Å². The van der Waals surface area contributed by atoms with Crippen LogP contribution in [0.15, 0.2) is 23.1 Å². The fraction of sp³-hybridized carbons (Fsp3) is 0.455. The number of hydrogen-bond acceptors (Lipinski definition) is 7. The largest absolute Gasteiger partial charge is 0.383 e. The molecular weight excluding hydrogens is 300 g/mol. The van der Waals surface area contributed by atoms with Gasteiger partial charge in [-0.2, -0.15) is 0 Å². The molecule has 0 spiro atoms. The number of nitro groups is 1. The number of nitro benzene ring substituents is 1. The molecule has 0 amide bonds. The molecule has 0 aromatic heterocycles. The van der Waals surface area contributed by atoms with Gasteiger partial charge in [-0.15, -0.1) is 0 Å². The van der Waals surface area contributed by atoms with Crippen molar-refractivity contribution >= 4 is 21.4 Å². The second kappa shape index (κ2) is 7.31. The van der Waals surface area contributed by atoms with E-state index in [4.69, 9.17) is 10.6 Å². The molecule has 1 aromatic carbocycles. The van der Waals surface area contributed by atoms with Crippen molar-refractivity contribution in [2.75, 3.05) is 19.1 Å². The zero-order valence-electron chi connectivity index (χ0n) is 11.7. The summed E-state index contributed by atoms with van der Waals surface area (Å²) < 4.78 is 32.0. The molecule has 0 radical (unpaired) electrons. The summed E-state index contributed by atoms with van der Waals surface area (Å²) in [6, 6.07) is 2.90. The molecule has 1 aromatic rings. The minimum Gasteiger partial charge on any atom is -0.383 e. The Balaban J connectivity index is 3.15. The summed E-state index contributed by atoms with van der Waals surface area (Å²) in [7, 11) is -2.41. The molecule has 9 nitrogen and oxygen atoms in total. The van der Waals surface area contributed by atoms with Crippen LogP contribution in [0.2, 0.25) is 0 Å². The molecule has 0 aliphatic rings. The highest BCUT2D eigenvalue weighted by molar-refractivity contribution is 7.89. The number of nitrogens with two attached hydrogens (primary N) is 1. The van der Waals surface area contributed by atoms with Gasteiger partial charge in [-0.3, -0.25) is 16.0 Å². The third-order valence-electron chi connectivity index (χ3n) is 2.80. The van der Waals surface area contributed by atoms with Crippen LogP contribution in [0.25, 0.3) is 0 Å². The van der Waals surface area contributed by atoms with Gasteiger partial charge in [-0.25, -0.2) is 13.1 Å². The molecule has 10 heteroatoms. The maximum atomic E-state index is 12.3. The van der Waals surface area contributed by atoms with Crippen LogP contribution >= 0.6 is 0 Å². The predicted octanol–water partition coefficient (Wildman–Crippen LogP) is 0.584. The van der Waals surface area contributed by atoms with Crippen LogP contribution in [-0.2, 0) is 14.8 Å². The van der Waals surface area contributed by atoms with Crippen molar-refractivity contribution in [2.45, 2.75) is 24.3 Å². The van der Waals surface area contributed by atoms with Gasteiger partial charge in [0.2, 0.25) is 10.0 Å². The number of anilines is 1. The van der Waals surface area contributed by atoms with E-state index in [-0.39, 0.29) is 22.9 Å². The van der Waals surface area contributed by atoms with E-state index < -0.39 is 21.0 Å². The fourth-order valence-electron chi connectivity index (χ4n) is 1.70. The van der Waals surface area contributed by atoms with E-state index in [1.165, 1.54) is 7.11 Å². The van der Waals surface area contributed by atoms with Crippen LogP contribution in [0.1, 0.15) is 13.3 Å². The fourth-order valence-corrected chi connectivity index (χ4v) is 3.15. The molecule has 1 atom stereocenters. The lowest BCUT2D eigenvalue weighted by atomic mass is 10.3. The van der Waals surface area contributed by atoms with Crippen molar-refractivity contribution in [2.24, 2.45) is 5.84 Å². The first kappa shape index (κ1) is 17.3. The summed E-state index contributed by atoms with van der Waals surface area (Å²) in [4.78, 5) is 9.90. The van der Waals surface area contributed by atoms with E-state index in [2.05, 4.69) is 10.1 Å². The van der Waals surface area contributed by atoms with Crippen molar-refractivity contribution in [3.63, 3.8) is 0 Å². The maximum absolute atomic E-state index is 12.3. The average Bonchev–Trinajstić information content (AvgIpc) is 2.45. The third-order valence-corrected chi connectivity index (χ3v) is 4.38. The molecule has 0 aliphatic carbocycles. The van der Waals surface area contributed by atoms with Gasteiger partial charge in [0.15, 0.2) is 0 Å². The molecule has 21 heavy (non-hydrogen) atoms. The van der Waals surface area contributed by atoms with E-state index in [1.54, 1.807) is 0 Å². The number of nitrogens with zero attached hydrogens (tertiary/aromatic N) is 1. The van der Waals surface area contributed by atoms with Crippen LogP contribution < -0.4 is 16.0 Å². The Bertz CT molecular complexity index is 605. The molecular formula is C11H18N4O5S. The van der Waals surface area contributed by atoms with Crippen LogP contribution in [0.4, 0.5) is 11.4 Å². The summed E-state index contributed by atoms with van der Waals surface area (Å²) in [5, 5.41) is 10.7. The molecule has 0 aliphatic heterocycles. The van der Waals surface area contributed by atoms with Crippen LogP contribution in [0, 0.1) is 10.1 Å². The second-order valence-corrected chi connectivity index (χ2v) is 5.95. The molecule has 0 saturated carbocycles. The lowest BCUT2D eigenvalue weighted by molar-refractivity contribution is -0.384. The number of nitrogens with one attached hydrogen (secondary N) is 2. The van der Waals surface area contributed by atoms with Gasteiger partial charge in [0.25, 0.3) is 5.69 Å². The normalized spacial score (nSPS) is 12.9. The Morgan fingerprint density at radius 2 is 2.14 bits per heavy atom. The van der Waals surface area contributed by atoms with Gasteiger partial charge < -0.3 is 10.2 Å². The lowest BCUT2D eigenvalue weighted by Gasteiger charge is -2.17. The zero-order chi connectivity index (χ0) is 16.0. The minimum atomic E-state index is -3.87. The van der Waals surface area contributed by atoms with Gasteiger partial charge in [0.1, 0.15) is 4.90 Å². The van der Waals surface area contributed by atoms with E-state index in [9.17, 15) is 18.5 Å². The number of ether oxygens (including phenoxy) is 1. The number of non-ortho nitro benzene ring substituents is 1. The molecule has 118 valence electrons. The highest BCUT2D eigenvalue weighted by Crippen LogP contribution is 2.25. The van der Waals surface area contributed by atoms with E-state index in [0.29, 0.717) is 6.42 Å². The third kappa shape index (κ3) is 4.36. The van der Waals surface area contributed by atoms with Crippen molar-refractivity contribution in [3.8, 4) is 0 Å². The Morgan fingerprint density at radius 3 is 2.62 bits per heavy atom. The minimum absolute atomic E-state index is 0.0519. The molecule has 4 N–H and O–H groups in total. The summed E-state index contributed by atoms with van der Waals surface area (Å²) in [6.45, 7) is 2.03. The molecule has 0 heterocycles. The first-order valence-electron chi connectivity index (χ1n) is 6.12. The Labute approximate surface area is 122 Å². The Morgan fingerprint density at radius 1 is 1.48 bits per heavy atom. The number of benzene rings is 1. The highest BCUT2D eigenvalue weighted by atomic mass is 32.2. The van der Waals surface area contributed by atoms with Crippen LogP contribution in [-0.4, -0.2) is 33.1 Å². The van der Waals surface area contributed by atoms with Crippen LogP contribution in [0.5, 0.6) is 0 Å². The standard InChI is InChI=1S/C11H18N4O5S/c1-3-8(7-20-2)14-21(18,19)11-5-4-9(15(16)17)6-10(11)13-12/h4-6,8,13-14H,3,7,12H2,1-2H3. The first-order chi connectivity index (χ1) is 9.85. The average molecular weight is 318 g/mol. The highest BCUT2D eigenvalue weighted by Gasteiger charge is 2.23. The topological polar surface area (TPSA) is 137 Å². The number of hydrogen-bond donors (Lipinski definition) is 3. The maximum Gasteiger partial charge on any atom is 0.271 e. The lowest BCUT2D eigenvalue weighted by Crippen LogP contribution is -2.37. The number of methoxy groups -OCH3 is 1. The number of nitrogen functional groups attached to an aromatic ring is 1. The van der Waals surface area contributed by atoms with E-state index in [1.807, 2.05) is 6.92 Å². The van der Waals surface area contributed by atoms with E-state index in [0.717, 1.165) is 18.2 Å². The second-order valence-electron chi connectivity index (χ2n) is 4.26. The summed E-state index contributed by atoms with van der Waals surface area (Å²) in [6.07, 6.45) is 0.533. The molecule has 1 unspecified atom stereocenters. The zero-order valence-corrected chi connectivity index (χ0v) is 12.5. The van der Waals surface area contributed by atoms with Gasteiger partial charge in [0, 0.05) is 25.3 Å². The SMILES string of the molecule is CCC(COC)NS(=O)(=O)c1ccc([N+](=O)[O-])cc1NN. The quantitative estimate of drug-likeness (QED) is 0.362. The van der Waals surface area contributed by atoms with Gasteiger partial charge in [-0.05, 0) is 12.5 Å². The summed E-state index contributed by atoms with van der Waals surface area (Å²) >= 11 is 0. The molecule has 0 bridgehead atoms. The van der Waals surface area contributed by atoms with Crippen LogP contribution in [0.3, 0.4) is 0 Å². The number of hydrazine groups is 1. The predicted molar refractivity (Wildman–Crippen MR) is 77.2 cm³/mol. The Kier molecular flexibility index (Phi) is 6.03. The smallest absolute Gasteiger partial charge is 0.271 e. The Hall–Kier alpha value is -1.75. The van der Waals surface area contributed by atoms with Gasteiger partial charge >= 0.3 is 0 Å².